The standard InChI is InChI=1S/C43H25N3O3S2/c1-3-9-35-29(7-1)31-16-13-26(21-37(31)47-35)45(42-11-5-19-50-42)27-14-18-33-34-25-44-41(24-40(34)49-39(33)22-27)46(43-12-6-20-51-43)28-15-17-32-30-8-2-4-10-36(30)48-38(32)23-28/h1-25H. The highest BCUT2D eigenvalue weighted by Crippen LogP contribution is 2.44. The molecule has 0 amide bonds. The third-order valence-corrected chi connectivity index (χ3v) is 11.2. The van der Waals surface area contributed by atoms with Crippen LogP contribution in [0.3, 0.4) is 0 Å². The molecule has 5 aromatic carbocycles. The van der Waals surface area contributed by atoms with Crippen molar-refractivity contribution >= 4 is 121 Å². The molecule has 6 nitrogen and oxygen atoms in total. The van der Waals surface area contributed by atoms with Gasteiger partial charge < -0.3 is 18.2 Å². The Balaban J connectivity index is 1.02. The van der Waals surface area contributed by atoms with Gasteiger partial charge in [-0.1, -0.05) is 36.4 Å². The summed E-state index contributed by atoms with van der Waals surface area (Å²) in [5, 5.41) is 12.7. The quantitative estimate of drug-likeness (QED) is 0.173. The van der Waals surface area contributed by atoms with Gasteiger partial charge in [-0.3, -0.25) is 4.90 Å². The summed E-state index contributed by atoms with van der Waals surface area (Å²) in [5.41, 5.74) is 7.98. The number of fused-ring (bicyclic) bond motifs is 9. The molecule has 11 rings (SSSR count). The fourth-order valence-electron chi connectivity index (χ4n) is 7.19. The fraction of sp³-hybridized carbons (Fsp3) is 0. The van der Waals surface area contributed by atoms with E-state index in [4.69, 9.17) is 18.2 Å². The monoisotopic (exact) mass is 695 g/mol. The number of rotatable bonds is 6. The molecule has 0 bridgehead atoms. The van der Waals surface area contributed by atoms with Crippen molar-refractivity contribution in [2.45, 2.75) is 0 Å². The first kappa shape index (κ1) is 28.5. The maximum Gasteiger partial charge on any atom is 0.141 e. The van der Waals surface area contributed by atoms with Crippen LogP contribution in [0.1, 0.15) is 0 Å². The molecule has 0 radical (unpaired) electrons. The SMILES string of the molecule is c1csc(N(c2ccc3c(c2)oc2ccccc23)c2ccc3c(c2)oc2cc(N(c4ccc5c(c4)oc4ccccc45)c4cccs4)ncc23)c1. The molecule has 0 atom stereocenters. The zero-order valence-corrected chi connectivity index (χ0v) is 28.4. The molecule has 0 N–H and O–H groups in total. The van der Waals surface area contributed by atoms with Gasteiger partial charge in [-0.25, -0.2) is 4.98 Å². The summed E-state index contributed by atoms with van der Waals surface area (Å²) in [5.74, 6) is 0.763. The average Bonchev–Trinajstić information content (AvgIpc) is 4.01. The molecular weight excluding hydrogens is 671 g/mol. The Bertz CT molecular complexity index is 2860. The summed E-state index contributed by atoms with van der Waals surface area (Å²) in [6, 6.07) is 45.9. The lowest BCUT2D eigenvalue weighted by Crippen LogP contribution is -2.09. The second-order valence-corrected chi connectivity index (χ2v) is 14.3. The van der Waals surface area contributed by atoms with Gasteiger partial charge in [0.25, 0.3) is 0 Å². The molecule has 0 aliphatic heterocycles. The van der Waals surface area contributed by atoms with Gasteiger partial charge in [-0.05, 0) is 83.6 Å². The van der Waals surface area contributed by atoms with E-state index in [1.165, 1.54) is 0 Å². The number of aromatic nitrogens is 1. The molecule has 0 aliphatic carbocycles. The van der Waals surface area contributed by atoms with E-state index in [1.807, 2.05) is 48.7 Å². The predicted octanol–water partition coefficient (Wildman–Crippen LogP) is 13.8. The maximum absolute atomic E-state index is 6.64. The molecule has 0 spiro atoms. The van der Waals surface area contributed by atoms with Crippen LogP contribution >= 0.6 is 22.7 Å². The molecular formula is C43H25N3O3S2. The molecule has 6 aromatic heterocycles. The van der Waals surface area contributed by atoms with Gasteiger partial charge in [0.1, 0.15) is 44.3 Å². The average molecular weight is 696 g/mol. The number of hydrogen-bond donors (Lipinski definition) is 0. The van der Waals surface area contributed by atoms with Crippen LogP contribution < -0.4 is 9.80 Å². The summed E-state index contributed by atoms with van der Waals surface area (Å²) in [4.78, 5) is 9.41. The van der Waals surface area contributed by atoms with Crippen molar-refractivity contribution in [1.29, 1.82) is 0 Å². The largest absolute Gasteiger partial charge is 0.456 e. The number of nitrogens with zero attached hydrogens (tertiary/aromatic N) is 3. The van der Waals surface area contributed by atoms with Crippen LogP contribution in [0.2, 0.25) is 0 Å². The van der Waals surface area contributed by atoms with E-state index in [9.17, 15) is 0 Å². The van der Waals surface area contributed by atoms with Crippen molar-refractivity contribution in [2.24, 2.45) is 0 Å². The summed E-state index contributed by atoms with van der Waals surface area (Å²) in [6.07, 6.45) is 1.92. The third-order valence-electron chi connectivity index (χ3n) is 9.51. The minimum absolute atomic E-state index is 0.763. The summed E-state index contributed by atoms with van der Waals surface area (Å²) in [7, 11) is 0. The highest BCUT2D eigenvalue weighted by Gasteiger charge is 2.21. The first-order valence-corrected chi connectivity index (χ1v) is 18.3. The Morgan fingerprint density at radius 2 is 0.843 bits per heavy atom. The molecule has 6 heterocycles. The lowest BCUT2D eigenvalue weighted by molar-refractivity contribution is 0.668. The van der Waals surface area contributed by atoms with Gasteiger partial charge in [0, 0.05) is 62.8 Å². The smallest absolute Gasteiger partial charge is 0.141 e. The lowest BCUT2D eigenvalue weighted by atomic mass is 10.1. The van der Waals surface area contributed by atoms with Gasteiger partial charge >= 0.3 is 0 Å². The third kappa shape index (κ3) is 4.50. The van der Waals surface area contributed by atoms with E-state index < -0.39 is 0 Å². The van der Waals surface area contributed by atoms with Crippen molar-refractivity contribution in [3.8, 4) is 0 Å². The first-order valence-electron chi connectivity index (χ1n) is 16.6. The molecule has 242 valence electrons. The van der Waals surface area contributed by atoms with Crippen LogP contribution in [0.15, 0.2) is 164 Å². The van der Waals surface area contributed by atoms with Crippen molar-refractivity contribution < 1.29 is 13.3 Å². The number of pyridine rings is 1. The van der Waals surface area contributed by atoms with Crippen LogP contribution in [-0.2, 0) is 0 Å². The summed E-state index contributed by atoms with van der Waals surface area (Å²) in [6.45, 7) is 0. The topological polar surface area (TPSA) is 58.8 Å². The lowest BCUT2D eigenvalue weighted by Gasteiger charge is -2.23. The fourth-order valence-corrected chi connectivity index (χ4v) is 8.72. The normalized spacial score (nSPS) is 11.9. The zero-order chi connectivity index (χ0) is 33.5. The minimum Gasteiger partial charge on any atom is -0.456 e. The molecule has 11 aromatic rings. The van der Waals surface area contributed by atoms with Crippen LogP contribution in [-0.4, -0.2) is 4.98 Å². The zero-order valence-electron chi connectivity index (χ0n) is 26.8. The predicted molar refractivity (Wildman–Crippen MR) is 211 cm³/mol. The van der Waals surface area contributed by atoms with Crippen molar-refractivity contribution in [3.05, 3.63) is 150 Å². The van der Waals surface area contributed by atoms with Gasteiger partial charge in [0.05, 0.1) is 22.1 Å². The Morgan fingerprint density at radius 1 is 0.392 bits per heavy atom. The Labute approximate surface area is 298 Å². The van der Waals surface area contributed by atoms with Gasteiger partial charge in [-0.2, -0.15) is 0 Å². The molecule has 8 heteroatoms. The highest BCUT2D eigenvalue weighted by atomic mass is 32.1. The number of para-hydroxylation sites is 2. The Hall–Kier alpha value is -6.35. The number of furan rings is 3. The summed E-state index contributed by atoms with van der Waals surface area (Å²) >= 11 is 3.35. The van der Waals surface area contributed by atoms with Crippen LogP contribution in [0.25, 0.3) is 65.8 Å². The van der Waals surface area contributed by atoms with Gasteiger partial charge in [0.15, 0.2) is 0 Å². The summed E-state index contributed by atoms with van der Waals surface area (Å²) < 4.78 is 19.2. The minimum atomic E-state index is 0.763. The molecule has 0 saturated heterocycles. The molecule has 0 aliphatic rings. The van der Waals surface area contributed by atoms with Gasteiger partial charge in [-0.15, -0.1) is 22.7 Å². The maximum atomic E-state index is 6.64. The Kier molecular flexibility index (Phi) is 6.19. The van der Waals surface area contributed by atoms with Crippen LogP contribution in [0.5, 0.6) is 0 Å². The van der Waals surface area contributed by atoms with Crippen LogP contribution in [0.4, 0.5) is 32.9 Å². The van der Waals surface area contributed by atoms with Crippen molar-refractivity contribution in [3.63, 3.8) is 0 Å². The van der Waals surface area contributed by atoms with E-state index >= 15 is 0 Å². The first-order chi connectivity index (χ1) is 25.2. The molecule has 51 heavy (non-hydrogen) atoms. The molecule has 0 saturated carbocycles. The molecule has 0 fully saturated rings. The van der Waals surface area contributed by atoms with Gasteiger partial charge in [0.2, 0.25) is 0 Å². The second kappa shape index (κ2) is 11.1. The highest BCUT2D eigenvalue weighted by molar-refractivity contribution is 7.14. The van der Waals surface area contributed by atoms with Crippen LogP contribution in [0, 0.1) is 0 Å². The van der Waals surface area contributed by atoms with Crippen molar-refractivity contribution in [2.75, 3.05) is 9.80 Å². The number of benzene rings is 5. The van der Waals surface area contributed by atoms with E-state index in [0.29, 0.717) is 0 Å². The van der Waals surface area contributed by atoms with E-state index in [0.717, 1.165) is 98.7 Å². The van der Waals surface area contributed by atoms with E-state index in [1.54, 1.807) is 22.7 Å². The Morgan fingerprint density at radius 3 is 1.39 bits per heavy atom. The number of hydrogen-bond acceptors (Lipinski definition) is 8. The van der Waals surface area contributed by atoms with E-state index in [2.05, 4.69) is 112 Å². The number of anilines is 6. The number of thiophene rings is 2. The van der Waals surface area contributed by atoms with E-state index in [-0.39, 0.29) is 0 Å². The second-order valence-electron chi connectivity index (χ2n) is 12.5. The van der Waals surface area contributed by atoms with Crippen molar-refractivity contribution in [1.82, 2.24) is 4.98 Å². The molecule has 0 unspecified atom stereocenters.